The van der Waals surface area contributed by atoms with Crippen LogP contribution in [0.15, 0.2) is 57.9 Å². The van der Waals surface area contributed by atoms with E-state index in [1.165, 1.54) is 16.4 Å². The number of nitrogens with one attached hydrogen (secondary N) is 1. The Morgan fingerprint density at radius 3 is 2.18 bits per heavy atom. The normalized spacial score (nSPS) is 16.6. The Labute approximate surface area is 178 Å². The number of benzene rings is 2. The lowest BCUT2D eigenvalue weighted by molar-refractivity contribution is 0.169. The molecule has 1 saturated heterocycles. The van der Waals surface area contributed by atoms with Gasteiger partial charge in [-0.2, -0.15) is 4.31 Å². The summed E-state index contributed by atoms with van der Waals surface area (Å²) in [6.45, 7) is 3.11. The minimum Gasteiger partial charge on any atom is -0.331 e. The van der Waals surface area contributed by atoms with Crippen LogP contribution in [0.1, 0.15) is 18.5 Å². The SMILES string of the molecule is CC(NC(=O)N1CCN(S(=O)(=O)c2ccc(Cl)cc2)CC1)c1ccc(Br)cc1. The molecule has 0 spiro atoms. The van der Waals surface area contributed by atoms with Gasteiger partial charge in [-0.05, 0) is 48.9 Å². The molecule has 0 aromatic heterocycles. The predicted octanol–water partition coefficient (Wildman–Crippen LogP) is 3.88. The van der Waals surface area contributed by atoms with Crippen LogP contribution < -0.4 is 5.32 Å². The van der Waals surface area contributed by atoms with Gasteiger partial charge in [-0.3, -0.25) is 0 Å². The van der Waals surface area contributed by atoms with E-state index in [9.17, 15) is 13.2 Å². The predicted molar refractivity (Wildman–Crippen MR) is 113 cm³/mol. The molecule has 2 aromatic carbocycles. The zero-order valence-corrected chi connectivity index (χ0v) is 18.5. The summed E-state index contributed by atoms with van der Waals surface area (Å²) in [6, 6.07) is 13.5. The van der Waals surface area contributed by atoms with E-state index in [0.717, 1.165) is 10.0 Å². The van der Waals surface area contributed by atoms with E-state index in [4.69, 9.17) is 11.6 Å². The quantitative estimate of drug-likeness (QED) is 0.713. The van der Waals surface area contributed by atoms with Crippen LogP contribution >= 0.6 is 27.5 Å². The third-order valence-corrected chi connectivity index (χ3v) is 7.38. The van der Waals surface area contributed by atoms with Crippen molar-refractivity contribution >= 4 is 43.6 Å². The van der Waals surface area contributed by atoms with Gasteiger partial charge in [0.1, 0.15) is 0 Å². The summed E-state index contributed by atoms with van der Waals surface area (Å²) in [6.07, 6.45) is 0. The largest absolute Gasteiger partial charge is 0.331 e. The van der Waals surface area contributed by atoms with Crippen molar-refractivity contribution in [3.05, 3.63) is 63.6 Å². The summed E-state index contributed by atoms with van der Waals surface area (Å²) in [5.41, 5.74) is 1.00. The maximum Gasteiger partial charge on any atom is 0.317 e. The van der Waals surface area contributed by atoms with E-state index in [-0.39, 0.29) is 30.1 Å². The molecule has 0 aliphatic carbocycles. The van der Waals surface area contributed by atoms with E-state index in [1.807, 2.05) is 31.2 Å². The number of halogens is 2. The van der Waals surface area contributed by atoms with Crippen LogP contribution in [0.4, 0.5) is 4.79 Å². The maximum absolute atomic E-state index is 12.7. The summed E-state index contributed by atoms with van der Waals surface area (Å²) in [5, 5.41) is 3.45. The maximum atomic E-state index is 12.7. The molecular formula is C19H21BrClN3O3S. The zero-order chi connectivity index (χ0) is 20.3. The van der Waals surface area contributed by atoms with E-state index in [2.05, 4.69) is 21.2 Å². The topological polar surface area (TPSA) is 69.7 Å². The summed E-state index contributed by atoms with van der Waals surface area (Å²) < 4.78 is 27.8. The molecule has 1 aliphatic heterocycles. The average Bonchev–Trinajstić information content (AvgIpc) is 2.69. The lowest BCUT2D eigenvalue weighted by Gasteiger charge is -2.34. The Kier molecular flexibility index (Phi) is 6.65. The lowest BCUT2D eigenvalue weighted by Crippen LogP contribution is -2.53. The van der Waals surface area contributed by atoms with E-state index < -0.39 is 10.0 Å². The van der Waals surface area contributed by atoms with Crippen molar-refractivity contribution in [3.8, 4) is 0 Å². The molecule has 6 nitrogen and oxygen atoms in total. The van der Waals surface area contributed by atoms with Crippen LogP contribution in [0.2, 0.25) is 5.02 Å². The molecule has 1 unspecified atom stereocenters. The number of nitrogens with zero attached hydrogens (tertiary/aromatic N) is 2. The second-order valence-electron chi connectivity index (χ2n) is 6.57. The molecule has 1 N–H and O–H groups in total. The summed E-state index contributed by atoms with van der Waals surface area (Å²) in [4.78, 5) is 14.4. The van der Waals surface area contributed by atoms with Crippen molar-refractivity contribution < 1.29 is 13.2 Å². The highest BCUT2D eigenvalue weighted by molar-refractivity contribution is 9.10. The number of carbonyl (C=O) groups excluding carboxylic acids is 1. The molecule has 2 amide bonds. The van der Waals surface area contributed by atoms with Gasteiger partial charge in [0.2, 0.25) is 10.0 Å². The Morgan fingerprint density at radius 1 is 1.04 bits per heavy atom. The first kappa shape index (κ1) is 21.1. The van der Waals surface area contributed by atoms with Crippen molar-refractivity contribution in [2.75, 3.05) is 26.2 Å². The number of carbonyl (C=O) groups is 1. The van der Waals surface area contributed by atoms with Gasteiger partial charge in [0.15, 0.2) is 0 Å². The zero-order valence-electron chi connectivity index (χ0n) is 15.3. The number of piperazine rings is 1. The minimum atomic E-state index is -3.59. The summed E-state index contributed by atoms with van der Waals surface area (Å²) >= 11 is 9.23. The summed E-state index contributed by atoms with van der Waals surface area (Å²) in [7, 11) is -3.59. The molecule has 28 heavy (non-hydrogen) atoms. The van der Waals surface area contributed by atoms with E-state index in [0.29, 0.717) is 18.1 Å². The molecule has 1 fully saturated rings. The second-order valence-corrected chi connectivity index (χ2v) is 9.86. The van der Waals surface area contributed by atoms with Crippen LogP contribution in [-0.4, -0.2) is 49.8 Å². The first-order valence-corrected chi connectivity index (χ1v) is 11.4. The molecule has 1 heterocycles. The third-order valence-electron chi connectivity index (χ3n) is 4.69. The summed E-state index contributed by atoms with van der Waals surface area (Å²) in [5.74, 6) is 0. The first-order valence-electron chi connectivity index (χ1n) is 8.84. The van der Waals surface area contributed by atoms with Crippen LogP contribution in [0.3, 0.4) is 0 Å². The van der Waals surface area contributed by atoms with E-state index in [1.54, 1.807) is 17.0 Å². The van der Waals surface area contributed by atoms with Crippen molar-refractivity contribution in [1.29, 1.82) is 0 Å². The lowest BCUT2D eigenvalue weighted by atomic mass is 10.1. The Morgan fingerprint density at radius 2 is 1.61 bits per heavy atom. The van der Waals surface area contributed by atoms with Crippen molar-refractivity contribution in [2.24, 2.45) is 0 Å². The van der Waals surface area contributed by atoms with Gasteiger partial charge in [-0.15, -0.1) is 0 Å². The van der Waals surface area contributed by atoms with Gasteiger partial charge in [-0.1, -0.05) is 39.7 Å². The number of sulfonamides is 1. The van der Waals surface area contributed by atoms with Gasteiger partial charge in [0.25, 0.3) is 0 Å². The Bertz CT molecular complexity index is 928. The molecule has 1 atom stereocenters. The average molecular weight is 487 g/mol. The molecule has 2 aromatic rings. The van der Waals surface area contributed by atoms with Crippen LogP contribution in [0.25, 0.3) is 0 Å². The number of urea groups is 1. The number of hydrogen-bond donors (Lipinski definition) is 1. The highest BCUT2D eigenvalue weighted by atomic mass is 79.9. The number of hydrogen-bond acceptors (Lipinski definition) is 3. The third kappa shape index (κ3) is 4.86. The first-order chi connectivity index (χ1) is 13.3. The van der Waals surface area contributed by atoms with Crippen molar-refractivity contribution in [1.82, 2.24) is 14.5 Å². The number of rotatable bonds is 4. The molecule has 0 saturated carbocycles. The molecule has 9 heteroatoms. The Hall–Kier alpha value is -1.61. The van der Waals surface area contributed by atoms with Gasteiger partial charge < -0.3 is 10.2 Å². The molecule has 1 aliphatic rings. The second kappa shape index (κ2) is 8.82. The van der Waals surface area contributed by atoms with Gasteiger partial charge in [-0.25, -0.2) is 13.2 Å². The van der Waals surface area contributed by atoms with Gasteiger partial charge >= 0.3 is 6.03 Å². The Balaban J connectivity index is 1.57. The number of amides is 2. The molecular weight excluding hydrogens is 466 g/mol. The highest BCUT2D eigenvalue weighted by Gasteiger charge is 2.30. The van der Waals surface area contributed by atoms with Gasteiger partial charge in [0, 0.05) is 35.7 Å². The fourth-order valence-electron chi connectivity index (χ4n) is 3.00. The van der Waals surface area contributed by atoms with Gasteiger partial charge in [0.05, 0.1) is 10.9 Å². The fraction of sp³-hybridized carbons (Fsp3) is 0.316. The molecule has 0 bridgehead atoms. The van der Waals surface area contributed by atoms with Crippen LogP contribution in [-0.2, 0) is 10.0 Å². The smallest absolute Gasteiger partial charge is 0.317 e. The van der Waals surface area contributed by atoms with Crippen LogP contribution in [0.5, 0.6) is 0 Å². The van der Waals surface area contributed by atoms with Crippen molar-refractivity contribution in [2.45, 2.75) is 17.9 Å². The molecule has 0 radical (unpaired) electrons. The van der Waals surface area contributed by atoms with Crippen molar-refractivity contribution in [3.63, 3.8) is 0 Å². The fourth-order valence-corrected chi connectivity index (χ4v) is 4.81. The molecule has 3 rings (SSSR count). The minimum absolute atomic E-state index is 0.142. The monoisotopic (exact) mass is 485 g/mol. The van der Waals surface area contributed by atoms with Crippen LogP contribution in [0, 0.1) is 0 Å². The standard InChI is InChI=1S/C19H21BrClN3O3S/c1-14(15-2-4-16(20)5-3-15)22-19(25)23-10-12-24(13-11-23)28(26,27)18-8-6-17(21)7-9-18/h2-9,14H,10-13H2,1H3,(H,22,25). The highest BCUT2D eigenvalue weighted by Crippen LogP contribution is 2.21. The van der Waals surface area contributed by atoms with E-state index >= 15 is 0 Å². The molecule has 150 valence electrons.